The van der Waals surface area contributed by atoms with Gasteiger partial charge in [0, 0.05) is 17.7 Å². The average Bonchev–Trinajstić information content (AvgIpc) is 2.82. The summed E-state index contributed by atoms with van der Waals surface area (Å²) >= 11 is 0. The minimum Gasteiger partial charge on any atom is -0.494 e. The van der Waals surface area contributed by atoms with Crippen molar-refractivity contribution in [2.75, 3.05) is 24.9 Å². The molecule has 3 aromatic carbocycles. The molecule has 0 aliphatic carbocycles. The van der Waals surface area contributed by atoms with Crippen molar-refractivity contribution in [2.24, 2.45) is 0 Å². The fraction of sp³-hybridized carbons (Fsp3) is 0.231. The summed E-state index contributed by atoms with van der Waals surface area (Å²) in [6.07, 6.45) is -0.751. The van der Waals surface area contributed by atoms with E-state index in [1.165, 1.54) is 14.2 Å². The lowest BCUT2D eigenvalue weighted by Crippen LogP contribution is -2.30. The first-order valence-electron chi connectivity index (χ1n) is 10.5. The van der Waals surface area contributed by atoms with E-state index in [-0.39, 0.29) is 11.8 Å². The predicted octanol–water partition coefficient (Wildman–Crippen LogP) is 4.98. The summed E-state index contributed by atoms with van der Waals surface area (Å²) in [5, 5.41) is 5.64. The van der Waals surface area contributed by atoms with Crippen LogP contribution < -0.4 is 24.8 Å². The van der Waals surface area contributed by atoms with E-state index in [1.54, 1.807) is 43.3 Å². The van der Waals surface area contributed by atoms with Crippen LogP contribution in [0.25, 0.3) is 0 Å². The number of rotatable bonds is 8. The normalized spacial score (nSPS) is 11.3. The number of carbonyl (C=O) groups is 2. The first-order valence-corrected chi connectivity index (χ1v) is 10.5. The molecule has 0 aromatic heterocycles. The number of hydrogen-bond donors (Lipinski definition) is 2. The van der Waals surface area contributed by atoms with Crippen LogP contribution in [0.4, 0.5) is 11.4 Å². The van der Waals surface area contributed by atoms with Gasteiger partial charge in [0.05, 0.1) is 25.6 Å². The van der Waals surface area contributed by atoms with Crippen LogP contribution in [-0.2, 0) is 4.79 Å². The van der Waals surface area contributed by atoms with Gasteiger partial charge in [0.1, 0.15) is 17.2 Å². The van der Waals surface area contributed by atoms with Gasteiger partial charge in [-0.1, -0.05) is 30.3 Å². The molecule has 2 amide bonds. The third kappa shape index (κ3) is 5.83. The number of methoxy groups -OCH3 is 2. The van der Waals surface area contributed by atoms with E-state index in [4.69, 9.17) is 14.2 Å². The molecule has 0 aliphatic rings. The Morgan fingerprint density at radius 2 is 1.39 bits per heavy atom. The number of anilines is 2. The molecular formula is C26H28N2O5. The largest absolute Gasteiger partial charge is 0.494 e. The standard InChI is InChI=1S/C26H28N2O5/c1-16-11-12-17(2)22(13-16)33-18(3)25(29)27-20-14-24(32-5)21(15-23(20)31-4)28-26(30)19-9-7-6-8-10-19/h6-15,18H,1-5H3,(H,27,29)(H,28,30). The third-order valence-corrected chi connectivity index (χ3v) is 5.08. The molecule has 172 valence electrons. The molecule has 0 aliphatic heterocycles. The van der Waals surface area contributed by atoms with E-state index in [0.29, 0.717) is 34.2 Å². The zero-order valence-electron chi connectivity index (χ0n) is 19.4. The number of benzene rings is 3. The highest BCUT2D eigenvalue weighted by Gasteiger charge is 2.20. The summed E-state index contributed by atoms with van der Waals surface area (Å²) in [7, 11) is 2.97. The van der Waals surface area contributed by atoms with Gasteiger partial charge in [-0.25, -0.2) is 0 Å². The quantitative estimate of drug-likeness (QED) is 0.508. The first-order chi connectivity index (χ1) is 15.8. The van der Waals surface area contributed by atoms with Crippen LogP contribution in [-0.4, -0.2) is 32.1 Å². The smallest absolute Gasteiger partial charge is 0.265 e. The van der Waals surface area contributed by atoms with Gasteiger partial charge < -0.3 is 24.8 Å². The predicted molar refractivity (Wildman–Crippen MR) is 129 cm³/mol. The van der Waals surface area contributed by atoms with Crippen molar-refractivity contribution in [3.63, 3.8) is 0 Å². The topological polar surface area (TPSA) is 85.9 Å². The second-order valence-electron chi connectivity index (χ2n) is 7.59. The van der Waals surface area contributed by atoms with Crippen molar-refractivity contribution in [3.05, 3.63) is 77.4 Å². The SMILES string of the molecule is COc1cc(NC(=O)C(C)Oc2cc(C)ccc2C)c(OC)cc1NC(=O)c1ccccc1. The minimum absolute atomic E-state index is 0.289. The van der Waals surface area contributed by atoms with E-state index in [2.05, 4.69) is 10.6 Å². The fourth-order valence-electron chi connectivity index (χ4n) is 3.19. The van der Waals surface area contributed by atoms with Gasteiger partial charge in [-0.3, -0.25) is 9.59 Å². The van der Waals surface area contributed by atoms with Crippen molar-refractivity contribution in [3.8, 4) is 17.2 Å². The molecule has 0 bridgehead atoms. The Balaban J connectivity index is 1.79. The zero-order valence-corrected chi connectivity index (χ0v) is 19.4. The Hall–Kier alpha value is -4.00. The number of aryl methyl sites for hydroxylation is 2. The molecule has 0 fully saturated rings. The van der Waals surface area contributed by atoms with Gasteiger partial charge in [-0.2, -0.15) is 0 Å². The Bertz CT molecular complexity index is 1140. The average molecular weight is 449 g/mol. The first kappa shape index (κ1) is 23.7. The highest BCUT2D eigenvalue weighted by Crippen LogP contribution is 2.37. The van der Waals surface area contributed by atoms with Gasteiger partial charge in [0.2, 0.25) is 0 Å². The summed E-state index contributed by atoms with van der Waals surface area (Å²) in [5.41, 5.74) is 3.31. The van der Waals surface area contributed by atoms with Crippen LogP contribution in [0.3, 0.4) is 0 Å². The van der Waals surface area contributed by atoms with Gasteiger partial charge in [-0.15, -0.1) is 0 Å². The van der Waals surface area contributed by atoms with E-state index in [1.807, 2.05) is 38.1 Å². The number of carbonyl (C=O) groups excluding carboxylic acids is 2. The molecule has 7 nitrogen and oxygen atoms in total. The monoisotopic (exact) mass is 448 g/mol. The van der Waals surface area contributed by atoms with Crippen molar-refractivity contribution >= 4 is 23.2 Å². The number of hydrogen-bond acceptors (Lipinski definition) is 5. The van der Waals surface area contributed by atoms with Crippen molar-refractivity contribution < 1.29 is 23.8 Å². The third-order valence-electron chi connectivity index (χ3n) is 5.08. The number of ether oxygens (including phenoxy) is 3. The van der Waals surface area contributed by atoms with Crippen molar-refractivity contribution in [1.29, 1.82) is 0 Å². The van der Waals surface area contributed by atoms with E-state index < -0.39 is 6.10 Å². The number of amides is 2. The van der Waals surface area contributed by atoms with E-state index in [9.17, 15) is 9.59 Å². The van der Waals surface area contributed by atoms with Crippen LogP contribution in [0.1, 0.15) is 28.4 Å². The molecule has 7 heteroatoms. The molecule has 0 saturated heterocycles. The summed E-state index contributed by atoms with van der Waals surface area (Å²) in [5.74, 6) is 0.756. The Morgan fingerprint density at radius 3 is 2.00 bits per heavy atom. The van der Waals surface area contributed by atoms with Crippen LogP contribution in [0.2, 0.25) is 0 Å². The van der Waals surface area contributed by atoms with Gasteiger partial charge >= 0.3 is 0 Å². The molecule has 0 saturated carbocycles. The Labute approximate surface area is 193 Å². The molecule has 3 rings (SSSR count). The summed E-state index contributed by atoms with van der Waals surface area (Å²) in [6.45, 7) is 5.57. The molecule has 0 radical (unpaired) electrons. The molecule has 0 spiro atoms. The minimum atomic E-state index is -0.751. The molecule has 0 heterocycles. The summed E-state index contributed by atoms with van der Waals surface area (Å²) in [6, 6.07) is 17.9. The molecule has 1 unspecified atom stereocenters. The lowest BCUT2D eigenvalue weighted by Gasteiger charge is -2.19. The Morgan fingerprint density at radius 1 is 0.788 bits per heavy atom. The number of nitrogens with one attached hydrogen (secondary N) is 2. The zero-order chi connectivity index (χ0) is 24.0. The Kier molecular flexibility index (Phi) is 7.56. The maximum atomic E-state index is 12.8. The second kappa shape index (κ2) is 10.5. The van der Waals surface area contributed by atoms with Gasteiger partial charge in [0.15, 0.2) is 6.10 Å². The molecular weight excluding hydrogens is 420 g/mol. The lowest BCUT2D eigenvalue weighted by atomic mass is 10.1. The summed E-state index contributed by atoms with van der Waals surface area (Å²) < 4.78 is 16.8. The fourth-order valence-corrected chi connectivity index (χ4v) is 3.19. The molecule has 3 aromatic rings. The van der Waals surface area contributed by atoms with Crippen molar-refractivity contribution in [2.45, 2.75) is 26.9 Å². The maximum Gasteiger partial charge on any atom is 0.265 e. The van der Waals surface area contributed by atoms with Gasteiger partial charge in [0.25, 0.3) is 11.8 Å². The van der Waals surface area contributed by atoms with E-state index in [0.717, 1.165) is 11.1 Å². The van der Waals surface area contributed by atoms with Crippen LogP contribution in [0.5, 0.6) is 17.2 Å². The van der Waals surface area contributed by atoms with E-state index >= 15 is 0 Å². The van der Waals surface area contributed by atoms with Crippen LogP contribution in [0.15, 0.2) is 60.7 Å². The van der Waals surface area contributed by atoms with Crippen LogP contribution in [0, 0.1) is 13.8 Å². The highest BCUT2D eigenvalue weighted by atomic mass is 16.5. The summed E-state index contributed by atoms with van der Waals surface area (Å²) in [4.78, 5) is 25.4. The second-order valence-corrected chi connectivity index (χ2v) is 7.59. The highest BCUT2D eigenvalue weighted by molar-refractivity contribution is 6.05. The lowest BCUT2D eigenvalue weighted by molar-refractivity contribution is -0.122. The van der Waals surface area contributed by atoms with Gasteiger partial charge in [-0.05, 0) is 50.1 Å². The van der Waals surface area contributed by atoms with Crippen molar-refractivity contribution in [1.82, 2.24) is 0 Å². The maximum absolute atomic E-state index is 12.8. The molecule has 2 N–H and O–H groups in total. The van der Waals surface area contributed by atoms with Crippen LogP contribution >= 0.6 is 0 Å². The molecule has 33 heavy (non-hydrogen) atoms. The molecule has 1 atom stereocenters.